The molecule has 0 amide bonds. The first-order valence-electron chi connectivity index (χ1n) is 9.45. The molecule has 1 N–H and O–H groups in total. The van der Waals surface area contributed by atoms with E-state index in [1.807, 2.05) is 36.4 Å². The number of nitrogens with zero attached hydrogens (tertiary/aromatic N) is 2. The smallest absolute Gasteiger partial charge is 0.231 e. The third kappa shape index (κ3) is 5.52. The highest BCUT2D eigenvalue weighted by Crippen LogP contribution is 2.32. The van der Waals surface area contributed by atoms with Crippen LogP contribution in [0.1, 0.15) is 5.56 Å². The molecule has 6 nitrogen and oxygen atoms in total. The average Bonchev–Trinajstić information content (AvgIpc) is 3.17. The molecule has 28 heavy (non-hydrogen) atoms. The molecular formula is C21H26ClN2O4-. The first-order valence-corrected chi connectivity index (χ1v) is 9.45. The summed E-state index contributed by atoms with van der Waals surface area (Å²) in [6, 6.07) is 15.8. The summed E-state index contributed by atoms with van der Waals surface area (Å²) in [4.78, 5) is 4.73. The van der Waals surface area contributed by atoms with E-state index in [2.05, 4.69) is 21.9 Å². The standard InChI is InChI=1S/C21H26N2O4.ClH/c24-18(15-25-19-4-2-1-3-5-19)14-23-10-8-22(9-11-23)13-17-6-7-20-21(12-17)27-16-26-20;/h1-7,12,18,24H,8-11,13-16H2;1H/p-1. The van der Waals surface area contributed by atoms with Gasteiger partial charge in [0, 0.05) is 39.3 Å². The molecule has 0 radical (unpaired) electrons. The zero-order valence-corrected chi connectivity index (χ0v) is 16.6. The highest BCUT2D eigenvalue weighted by Gasteiger charge is 2.20. The number of hydrogen-bond acceptors (Lipinski definition) is 6. The maximum Gasteiger partial charge on any atom is 0.231 e. The van der Waals surface area contributed by atoms with Crippen LogP contribution >= 0.6 is 0 Å². The molecule has 0 aromatic heterocycles. The van der Waals surface area contributed by atoms with Gasteiger partial charge in [0.1, 0.15) is 18.5 Å². The Balaban J connectivity index is 0.00000225. The Morgan fingerprint density at radius 3 is 2.43 bits per heavy atom. The number of para-hydroxylation sites is 1. The number of hydrogen-bond donors (Lipinski definition) is 1. The van der Waals surface area contributed by atoms with Crippen LogP contribution in [-0.2, 0) is 6.54 Å². The summed E-state index contributed by atoms with van der Waals surface area (Å²) < 4.78 is 16.5. The number of β-amino-alcohol motifs (C(OH)–C–C–N with tert-alkyl or cyclic N) is 1. The lowest BCUT2D eigenvalue weighted by molar-refractivity contribution is -0.00000946. The molecule has 1 saturated heterocycles. The van der Waals surface area contributed by atoms with Crippen LogP contribution in [0.5, 0.6) is 17.2 Å². The molecule has 2 aliphatic heterocycles. The Labute approximate surface area is 172 Å². The van der Waals surface area contributed by atoms with Crippen molar-refractivity contribution in [1.82, 2.24) is 9.80 Å². The van der Waals surface area contributed by atoms with Gasteiger partial charge in [0.15, 0.2) is 11.5 Å². The van der Waals surface area contributed by atoms with Crippen LogP contribution in [0.25, 0.3) is 0 Å². The first kappa shape index (κ1) is 20.7. The summed E-state index contributed by atoms with van der Waals surface area (Å²) in [5.41, 5.74) is 1.24. The number of piperazine rings is 1. The minimum absolute atomic E-state index is 0. The van der Waals surface area contributed by atoms with Crippen molar-refractivity contribution in [2.45, 2.75) is 12.6 Å². The molecule has 1 fully saturated rings. The zero-order chi connectivity index (χ0) is 18.5. The van der Waals surface area contributed by atoms with Gasteiger partial charge in [-0.25, -0.2) is 0 Å². The Morgan fingerprint density at radius 1 is 0.929 bits per heavy atom. The van der Waals surface area contributed by atoms with E-state index in [9.17, 15) is 5.11 Å². The van der Waals surface area contributed by atoms with Crippen LogP contribution in [0.4, 0.5) is 0 Å². The van der Waals surface area contributed by atoms with Gasteiger partial charge in [-0.05, 0) is 29.8 Å². The lowest BCUT2D eigenvalue weighted by Crippen LogP contribution is -3.00. The van der Waals surface area contributed by atoms with Gasteiger partial charge in [0.2, 0.25) is 6.79 Å². The van der Waals surface area contributed by atoms with E-state index in [4.69, 9.17) is 14.2 Å². The van der Waals surface area contributed by atoms with Gasteiger partial charge in [0.25, 0.3) is 0 Å². The fraction of sp³-hybridized carbons (Fsp3) is 0.429. The number of halogens is 1. The van der Waals surface area contributed by atoms with E-state index in [-0.39, 0.29) is 12.4 Å². The summed E-state index contributed by atoms with van der Waals surface area (Å²) in [5, 5.41) is 10.2. The van der Waals surface area contributed by atoms with Gasteiger partial charge < -0.3 is 31.7 Å². The molecule has 2 heterocycles. The monoisotopic (exact) mass is 405 g/mol. The van der Waals surface area contributed by atoms with Crippen LogP contribution in [0.3, 0.4) is 0 Å². The molecule has 1 atom stereocenters. The Bertz CT molecular complexity index is 738. The number of aliphatic hydroxyl groups is 1. The van der Waals surface area contributed by atoms with Crippen LogP contribution in [0.15, 0.2) is 48.5 Å². The van der Waals surface area contributed by atoms with Gasteiger partial charge in [-0.3, -0.25) is 9.80 Å². The Hall–Kier alpha value is -1.99. The first-order chi connectivity index (χ1) is 13.3. The molecule has 0 aliphatic carbocycles. The average molecular weight is 406 g/mol. The maximum absolute atomic E-state index is 10.2. The van der Waals surface area contributed by atoms with Crippen molar-refractivity contribution in [2.24, 2.45) is 0 Å². The summed E-state index contributed by atoms with van der Waals surface area (Å²) >= 11 is 0. The number of benzene rings is 2. The molecule has 2 aromatic rings. The molecule has 0 bridgehead atoms. The van der Waals surface area contributed by atoms with Crippen molar-refractivity contribution >= 4 is 0 Å². The Morgan fingerprint density at radius 2 is 1.64 bits per heavy atom. The fourth-order valence-corrected chi connectivity index (χ4v) is 3.49. The summed E-state index contributed by atoms with van der Waals surface area (Å²) in [5.74, 6) is 2.47. The molecule has 1 unspecified atom stereocenters. The minimum atomic E-state index is -0.481. The lowest BCUT2D eigenvalue weighted by atomic mass is 10.1. The van der Waals surface area contributed by atoms with E-state index in [1.165, 1.54) is 5.56 Å². The van der Waals surface area contributed by atoms with Crippen molar-refractivity contribution in [3.8, 4) is 17.2 Å². The maximum atomic E-state index is 10.2. The molecular weight excluding hydrogens is 380 g/mol. The lowest BCUT2D eigenvalue weighted by Gasteiger charge is -2.35. The number of rotatable bonds is 7. The van der Waals surface area contributed by atoms with Crippen molar-refractivity contribution in [1.29, 1.82) is 0 Å². The molecule has 0 saturated carbocycles. The normalized spacial score (nSPS) is 17.8. The summed E-state index contributed by atoms with van der Waals surface area (Å²) in [6.45, 7) is 6.06. The zero-order valence-electron chi connectivity index (χ0n) is 15.8. The van der Waals surface area contributed by atoms with Crippen LogP contribution in [0, 0.1) is 0 Å². The molecule has 0 spiro atoms. The predicted octanol–water partition coefficient (Wildman–Crippen LogP) is -1.02. The second kappa shape index (κ2) is 9.98. The minimum Gasteiger partial charge on any atom is -1.00 e. The molecule has 2 aliphatic rings. The van der Waals surface area contributed by atoms with Crippen LogP contribution < -0.4 is 26.6 Å². The van der Waals surface area contributed by atoms with E-state index in [1.54, 1.807) is 0 Å². The predicted molar refractivity (Wildman–Crippen MR) is 102 cm³/mol. The molecule has 152 valence electrons. The summed E-state index contributed by atoms with van der Waals surface area (Å²) in [6.07, 6.45) is -0.481. The van der Waals surface area contributed by atoms with Crippen LogP contribution in [-0.4, -0.2) is 67.1 Å². The van der Waals surface area contributed by atoms with E-state index in [0.717, 1.165) is 50.0 Å². The van der Waals surface area contributed by atoms with Crippen molar-refractivity contribution in [3.63, 3.8) is 0 Å². The van der Waals surface area contributed by atoms with Crippen molar-refractivity contribution in [2.75, 3.05) is 46.1 Å². The van der Waals surface area contributed by atoms with Crippen molar-refractivity contribution < 1.29 is 31.7 Å². The topological polar surface area (TPSA) is 54.4 Å². The highest BCUT2D eigenvalue weighted by atomic mass is 35.5. The van der Waals surface area contributed by atoms with Gasteiger partial charge in [-0.1, -0.05) is 24.3 Å². The number of fused-ring (bicyclic) bond motifs is 1. The quantitative estimate of drug-likeness (QED) is 0.636. The van der Waals surface area contributed by atoms with Crippen molar-refractivity contribution in [3.05, 3.63) is 54.1 Å². The third-order valence-electron chi connectivity index (χ3n) is 4.96. The number of ether oxygens (including phenoxy) is 3. The van der Waals surface area contributed by atoms with Gasteiger partial charge in [-0.2, -0.15) is 0 Å². The third-order valence-corrected chi connectivity index (χ3v) is 4.96. The second-order valence-electron chi connectivity index (χ2n) is 7.04. The van der Waals surface area contributed by atoms with E-state index in [0.29, 0.717) is 19.9 Å². The van der Waals surface area contributed by atoms with Gasteiger partial charge in [0.05, 0.1) is 0 Å². The molecule has 2 aromatic carbocycles. The van der Waals surface area contributed by atoms with E-state index < -0.39 is 6.10 Å². The number of aliphatic hydroxyl groups excluding tert-OH is 1. The largest absolute Gasteiger partial charge is 1.00 e. The molecule has 4 rings (SSSR count). The highest BCUT2D eigenvalue weighted by molar-refractivity contribution is 5.44. The van der Waals surface area contributed by atoms with Gasteiger partial charge in [-0.15, -0.1) is 0 Å². The summed E-state index contributed by atoms with van der Waals surface area (Å²) in [7, 11) is 0. The second-order valence-corrected chi connectivity index (χ2v) is 7.04. The van der Waals surface area contributed by atoms with Crippen LogP contribution in [0.2, 0.25) is 0 Å². The Kier molecular flexibility index (Phi) is 7.39. The van der Waals surface area contributed by atoms with E-state index >= 15 is 0 Å². The fourth-order valence-electron chi connectivity index (χ4n) is 3.49. The van der Waals surface area contributed by atoms with Gasteiger partial charge >= 0.3 is 0 Å². The molecule has 7 heteroatoms. The SMILES string of the molecule is OC(COc1ccccc1)CN1CCN(Cc2ccc3c(c2)OCO3)CC1.[Cl-].